The molecule has 2 aliphatic rings. The van der Waals surface area contributed by atoms with E-state index in [1.54, 1.807) is 23.0 Å². The molecule has 2 fully saturated rings. The first-order valence-corrected chi connectivity index (χ1v) is 4.86. The lowest BCUT2D eigenvalue weighted by atomic mass is 10.1. The van der Waals surface area contributed by atoms with Crippen molar-refractivity contribution < 1.29 is 22.1 Å². The Morgan fingerprint density at radius 1 is 1.46 bits per heavy atom. The third-order valence-electron chi connectivity index (χ3n) is 2.23. The molecule has 0 N–H and O–H groups in total. The Morgan fingerprint density at radius 3 is 2.85 bits per heavy atom. The fourth-order valence-corrected chi connectivity index (χ4v) is 2.02. The average molecular weight is 300 g/mol. The van der Waals surface area contributed by atoms with Crippen LogP contribution in [0.5, 0.6) is 0 Å². The molecule has 0 aromatic carbocycles. The van der Waals surface area contributed by atoms with Gasteiger partial charge in [0.15, 0.2) is 12.2 Å². The molecule has 74 valence electrons. The minimum absolute atomic E-state index is 0.118. The highest BCUT2D eigenvalue weighted by atomic mass is 127. The van der Waals surface area contributed by atoms with Gasteiger partial charge in [-0.3, -0.25) is 0 Å². The number of hydrogen-bond donors (Lipinski definition) is 0. The summed E-state index contributed by atoms with van der Waals surface area (Å²) in [5, 5.41) is 0. The van der Waals surface area contributed by atoms with Crippen LogP contribution in [0.4, 0.5) is 4.79 Å². The van der Waals surface area contributed by atoms with Gasteiger partial charge in [-0.1, -0.05) is 0 Å². The van der Waals surface area contributed by atoms with E-state index in [0.717, 1.165) is 0 Å². The normalized spacial score (nSPS) is 42.8. The molecular weight excluding hydrogens is 291 g/mol. The van der Waals surface area contributed by atoms with Crippen molar-refractivity contribution in [3.05, 3.63) is 0 Å². The van der Waals surface area contributed by atoms with Gasteiger partial charge in [-0.2, -0.15) is 0 Å². The number of ether oxygens (including phenoxy) is 3. The zero-order valence-corrected chi connectivity index (χ0v) is 9.09. The molecule has 0 aromatic rings. The summed E-state index contributed by atoms with van der Waals surface area (Å²) in [5.74, 6) is 0. The summed E-state index contributed by atoms with van der Waals surface area (Å²) < 4.78 is 20.3. The van der Waals surface area contributed by atoms with Crippen LogP contribution in [0.1, 0.15) is 6.92 Å². The highest BCUT2D eigenvalue weighted by molar-refractivity contribution is 14.1. The highest BCUT2D eigenvalue weighted by Crippen LogP contribution is 2.31. The van der Waals surface area contributed by atoms with Crippen LogP contribution in [-0.2, 0) is 17.3 Å². The second-order valence-corrected chi connectivity index (χ2v) is 3.69. The number of carbonyl (C=O) groups is 1. The van der Waals surface area contributed by atoms with E-state index in [0.29, 0.717) is 6.61 Å². The summed E-state index contributed by atoms with van der Waals surface area (Å²) in [6.07, 6.45) is -1.51. The van der Waals surface area contributed by atoms with E-state index in [4.69, 9.17) is 17.3 Å². The molecule has 0 aromatic heterocycles. The highest BCUT2D eigenvalue weighted by Gasteiger charge is 2.52. The van der Waals surface area contributed by atoms with Crippen molar-refractivity contribution in [2.24, 2.45) is 0 Å². The first kappa shape index (κ1) is 9.47. The number of carbonyl (C=O) groups excluding carboxylic acids is 1. The summed E-state index contributed by atoms with van der Waals surface area (Å²) in [6, 6.07) is 0. The zero-order valence-electron chi connectivity index (χ0n) is 6.94. The topological polar surface area (TPSA) is 54.0 Å². The molecule has 0 unspecified atom stereocenters. The largest absolute Gasteiger partial charge is 0.509 e. The van der Waals surface area contributed by atoms with Crippen LogP contribution in [-0.4, -0.2) is 37.2 Å². The van der Waals surface area contributed by atoms with Gasteiger partial charge < -0.3 is 17.3 Å². The lowest BCUT2D eigenvalue weighted by Gasteiger charge is -2.12. The van der Waals surface area contributed by atoms with Gasteiger partial charge in [0.25, 0.3) is 0 Å². The first-order valence-electron chi connectivity index (χ1n) is 3.98. The first-order chi connectivity index (χ1) is 6.22. The minimum Gasteiger partial charge on any atom is -0.424 e. The molecule has 0 radical (unpaired) electrons. The summed E-state index contributed by atoms with van der Waals surface area (Å²) >= 11 is 1.78. The fraction of sp³-hybridized carbons (Fsp3) is 0.857. The lowest BCUT2D eigenvalue weighted by molar-refractivity contribution is -0.0269. The molecule has 0 aliphatic carbocycles. The van der Waals surface area contributed by atoms with Crippen LogP contribution in [0.2, 0.25) is 0 Å². The van der Waals surface area contributed by atoms with Gasteiger partial charge in [-0.15, -0.1) is 0 Å². The second-order valence-electron chi connectivity index (χ2n) is 3.07. The molecule has 13 heavy (non-hydrogen) atoms. The molecule has 0 amide bonds. The Kier molecular flexibility index (Phi) is 2.61. The Balaban J connectivity index is 2.05. The predicted molar refractivity (Wildman–Crippen MR) is 49.4 cm³/mol. The number of hydrogen-bond acceptors (Lipinski definition) is 5. The standard InChI is InChI=1S/C7H9IO5/c1-3-5-6(13-7(9)12-5)4(11-3)2-10-8/h3-6H,2H2,1H3/t3-,4+,5-,6+/m0/s1. The molecule has 0 spiro atoms. The quantitative estimate of drug-likeness (QED) is 0.563. The van der Waals surface area contributed by atoms with Crippen LogP contribution >= 0.6 is 23.0 Å². The maximum atomic E-state index is 10.8. The van der Waals surface area contributed by atoms with Gasteiger partial charge in [-0.25, -0.2) is 4.79 Å². The minimum atomic E-state index is -0.608. The van der Waals surface area contributed by atoms with Crippen molar-refractivity contribution in [1.82, 2.24) is 0 Å². The molecule has 2 saturated heterocycles. The van der Waals surface area contributed by atoms with Crippen molar-refractivity contribution >= 4 is 29.2 Å². The van der Waals surface area contributed by atoms with Gasteiger partial charge in [0, 0.05) is 0 Å². The van der Waals surface area contributed by atoms with Crippen molar-refractivity contribution in [2.75, 3.05) is 6.61 Å². The van der Waals surface area contributed by atoms with Gasteiger partial charge >= 0.3 is 6.16 Å². The molecule has 4 atom stereocenters. The summed E-state index contributed by atoms with van der Waals surface area (Å²) in [7, 11) is 0. The molecule has 0 bridgehead atoms. The van der Waals surface area contributed by atoms with E-state index in [1.807, 2.05) is 6.92 Å². The molecule has 2 heterocycles. The van der Waals surface area contributed by atoms with Crippen LogP contribution < -0.4 is 0 Å². The monoisotopic (exact) mass is 300 g/mol. The van der Waals surface area contributed by atoms with E-state index < -0.39 is 6.16 Å². The Labute approximate surface area is 89.3 Å². The summed E-state index contributed by atoms with van der Waals surface area (Å²) in [5.41, 5.74) is 0. The van der Waals surface area contributed by atoms with E-state index in [9.17, 15) is 4.79 Å². The maximum Gasteiger partial charge on any atom is 0.509 e. The average Bonchev–Trinajstić information content (AvgIpc) is 2.55. The summed E-state index contributed by atoms with van der Waals surface area (Å²) in [6.45, 7) is 2.26. The van der Waals surface area contributed by atoms with Crippen molar-refractivity contribution in [3.8, 4) is 0 Å². The Hall–Kier alpha value is -0.0800. The van der Waals surface area contributed by atoms with Gasteiger partial charge in [0.05, 0.1) is 12.7 Å². The SMILES string of the molecule is C[C@@H]1O[C@H](COI)[C@H]2OC(=O)O[C@H]21. The Bertz CT molecular complexity index is 221. The van der Waals surface area contributed by atoms with Gasteiger partial charge in [0.2, 0.25) is 0 Å². The maximum absolute atomic E-state index is 10.8. The summed E-state index contributed by atoms with van der Waals surface area (Å²) in [4.78, 5) is 10.8. The lowest BCUT2D eigenvalue weighted by Crippen LogP contribution is -2.30. The molecule has 5 nitrogen and oxygen atoms in total. The second kappa shape index (κ2) is 3.58. The zero-order chi connectivity index (χ0) is 9.42. The van der Waals surface area contributed by atoms with Gasteiger partial charge in [0.1, 0.15) is 29.1 Å². The third kappa shape index (κ3) is 1.62. The fourth-order valence-electron chi connectivity index (χ4n) is 1.66. The molecule has 2 rings (SSSR count). The number of halogens is 1. The van der Waals surface area contributed by atoms with Gasteiger partial charge in [-0.05, 0) is 6.92 Å². The van der Waals surface area contributed by atoms with E-state index >= 15 is 0 Å². The predicted octanol–water partition coefficient (Wildman–Crippen LogP) is 1.04. The smallest absolute Gasteiger partial charge is 0.424 e. The van der Waals surface area contributed by atoms with Crippen LogP contribution in [0.25, 0.3) is 0 Å². The molecular formula is C7H9IO5. The van der Waals surface area contributed by atoms with Crippen molar-refractivity contribution in [1.29, 1.82) is 0 Å². The number of rotatable bonds is 2. The molecule has 6 heteroatoms. The van der Waals surface area contributed by atoms with Crippen LogP contribution in [0.3, 0.4) is 0 Å². The van der Waals surface area contributed by atoms with Crippen molar-refractivity contribution in [2.45, 2.75) is 31.3 Å². The number of fused-ring (bicyclic) bond motifs is 1. The van der Waals surface area contributed by atoms with E-state index in [2.05, 4.69) is 0 Å². The van der Waals surface area contributed by atoms with E-state index in [1.165, 1.54) is 0 Å². The third-order valence-corrected chi connectivity index (χ3v) is 2.59. The van der Waals surface area contributed by atoms with Crippen molar-refractivity contribution in [3.63, 3.8) is 0 Å². The van der Waals surface area contributed by atoms with Crippen LogP contribution in [0, 0.1) is 0 Å². The van der Waals surface area contributed by atoms with Crippen LogP contribution in [0.15, 0.2) is 0 Å². The molecule has 2 aliphatic heterocycles. The van der Waals surface area contributed by atoms with E-state index in [-0.39, 0.29) is 24.4 Å². The Morgan fingerprint density at radius 2 is 2.15 bits per heavy atom. The molecule has 0 saturated carbocycles.